The molecule has 0 unspecified atom stereocenters. The molecule has 4 heteroatoms. The fraction of sp³-hybridized carbons (Fsp3) is 0.300. The minimum atomic E-state index is -0.0577. The Hall–Kier alpha value is -1.55. The lowest BCUT2D eigenvalue weighted by atomic mass is 10.3. The number of nitrogens with one attached hydrogen (secondary N) is 2. The number of anilines is 1. The minimum absolute atomic E-state index is 0.0577. The summed E-state index contributed by atoms with van der Waals surface area (Å²) in [5, 5.41) is 5.51. The first-order valence-electron chi connectivity index (χ1n) is 4.34. The van der Waals surface area contributed by atoms with Crippen LogP contribution in [-0.2, 0) is 4.79 Å². The summed E-state index contributed by atoms with van der Waals surface area (Å²) in [7, 11) is 3.34. The highest BCUT2D eigenvalue weighted by Crippen LogP contribution is 2.14. The monoisotopic (exact) mass is 194 g/mol. The topological polar surface area (TPSA) is 50.4 Å². The number of carbonyl (C=O) groups is 1. The fourth-order valence-electron chi connectivity index (χ4n) is 1.04. The van der Waals surface area contributed by atoms with Crippen molar-refractivity contribution in [2.24, 2.45) is 0 Å². The third kappa shape index (κ3) is 3.06. The van der Waals surface area contributed by atoms with E-state index >= 15 is 0 Å². The van der Waals surface area contributed by atoms with Gasteiger partial charge in [-0.15, -0.1) is 0 Å². The molecule has 0 saturated heterocycles. The Bertz CT molecular complexity index is 295. The predicted octanol–water partition coefficient (Wildman–Crippen LogP) is 0.853. The highest BCUT2D eigenvalue weighted by Gasteiger charge is 1.99. The molecule has 0 aliphatic rings. The molecule has 0 aliphatic heterocycles. The van der Waals surface area contributed by atoms with E-state index in [4.69, 9.17) is 4.74 Å². The molecule has 2 N–H and O–H groups in total. The summed E-state index contributed by atoms with van der Waals surface area (Å²) in [6, 6.07) is 7.20. The molecule has 0 bridgehead atoms. The SMILES string of the molecule is CNCC(=O)Nc1ccc(OC)cc1. The van der Waals surface area contributed by atoms with E-state index in [2.05, 4.69) is 10.6 Å². The van der Waals surface area contributed by atoms with Gasteiger partial charge in [0.05, 0.1) is 13.7 Å². The normalized spacial score (nSPS) is 9.57. The maximum absolute atomic E-state index is 11.2. The number of methoxy groups -OCH3 is 1. The Morgan fingerprint density at radius 3 is 2.50 bits per heavy atom. The third-order valence-electron chi connectivity index (χ3n) is 1.71. The molecule has 1 rings (SSSR count). The van der Waals surface area contributed by atoms with Gasteiger partial charge in [0.1, 0.15) is 5.75 Å². The highest BCUT2D eigenvalue weighted by atomic mass is 16.5. The van der Waals surface area contributed by atoms with Crippen molar-refractivity contribution in [1.29, 1.82) is 0 Å². The average molecular weight is 194 g/mol. The van der Waals surface area contributed by atoms with Gasteiger partial charge in [-0.2, -0.15) is 0 Å². The summed E-state index contributed by atoms with van der Waals surface area (Å²) in [6.07, 6.45) is 0. The second-order valence-corrected chi connectivity index (χ2v) is 2.81. The number of hydrogen-bond donors (Lipinski definition) is 2. The molecule has 0 saturated carbocycles. The van der Waals surface area contributed by atoms with Crippen molar-refractivity contribution in [3.05, 3.63) is 24.3 Å². The molecule has 76 valence electrons. The summed E-state index contributed by atoms with van der Waals surface area (Å²) in [5.74, 6) is 0.717. The summed E-state index contributed by atoms with van der Waals surface area (Å²) in [6.45, 7) is 0.312. The van der Waals surface area contributed by atoms with Crippen LogP contribution in [-0.4, -0.2) is 26.6 Å². The maximum Gasteiger partial charge on any atom is 0.238 e. The first-order chi connectivity index (χ1) is 6.76. The Balaban J connectivity index is 2.55. The zero-order valence-corrected chi connectivity index (χ0v) is 8.33. The average Bonchev–Trinajstić information content (AvgIpc) is 2.19. The van der Waals surface area contributed by atoms with Crippen molar-refractivity contribution in [2.45, 2.75) is 0 Å². The van der Waals surface area contributed by atoms with Gasteiger partial charge in [-0.1, -0.05) is 0 Å². The molecule has 0 aliphatic carbocycles. The molecule has 0 spiro atoms. The molecule has 14 heavy (non-hydrogen) atoms. The lowest BCUT2D eigenvalue weighted by Gasteiger charge is -2.05. The van der Waals surface area contributed by atoms with Crippen molar-refractivity contribution in [1.82, 2.24) is 5.32 Å². The first kappa shape index (κ1) is 10.5. The van der Waals surface area contributed by atoms with E-state index in [0.29, 0.717) is 6.54 Å². The number of amides is 1. The van der Waals surface area contributed by atoms with Gasteiger partial charge in [-0.25, -0.2) is 0 Å². The van der Waals surface area contributed by atoms with Crippen LogP contribution in [0.5, 0.6) is 5.75 Å². The zero-order chi connectivity index (χ0) is 10.4. The number of ether oxygens (including phenoxy) is 1. The molecular formula is C10H14N2O2. The van der Waals surface area contributed by atoms with Crippen LogP contribution in [0.4, 0.5) is 5.69 Å². The third-order valence-corrected chi connectivity index (χ3v) is 1.71. The number of hydrogen-bond acceptors (Lipinski definition) is 3. The second kappa shape index (κ2) is 5.24. The smallest absolute Gasteiger partial charge is 0.238 e. The largest absolute Gasteiger partial charge is 0.497 e. The fourth-order valence-corrected chi connectivity index (χ4v) is 1.04. The van der Waals surface area contributed by atoms with Crippen molar-refractivity contribution in [2.75, 3.05) is 26.0 Å². The van der Waals surface area contributed by atoms with Gasteiger partial charge in [0.25, 0.3) is 0 Å². The van der Waals surface area contributed by atoms with Gasteiger partial charge < -0.3 is 15.4 Å². The van der Waals surface area contributed by atoms with E-state index in [-0.39, 0.29) is 5.91 Å². The Kier molecular flexibility index (Phi) is 3.94. The van der Waals surface area contributed by atoms with Crippen LogP contribution in [0.2, 0.25) is 0 Å². The lowest BCUT2D eigenvalue weighted by molar-refractivity contribution is -0.115. The molecule has 0 fully saturated rings. The van der Waals surface area contributed by atoms with E-state index in [0.717, 1.165) is 11.4 Å². The van der Waals surface area contributed by atoms with Crippen LogP contribution in [0, 0.1) is 0 Å². The van der Waals surface area contributed by atoms with E-state index in [9.17, 15) is 4.79 Å². The molecule has 0 radical (unpaired) electrons. The van der Waals surface area contributed by atoms with Crippen LogP contribution in [0.3, 0.4) is 0 Å². The van der Waals surface area contributed by atoms with Gasteiger partial charge in [0.15, 0.2) is 0 Å². The van der Waals surface area contributed by atoms with Crippen molar-refractivity contribution < 1.29 is 9.53 Å². The van der Waals surface area contributed by atoms with Crippen molar-refractivity contribution in [3.63, 3.8) is 0 Å². The number of likely N-dealkylation sites (N-methyl/N-ethyl adjacent to an activating group) is 1. The summed E-state index contributed by atoms with van der Waals surface area (Å²) < 4.78 is 5.00. The summed E-state index contributed by atoms with van der Waals surface area (Å²) in [4.78, 5) is 11.2. The highest BCUT2D eigenvalue weighted by molar-refractivity contribution is 5.92. The van der Waals surface area contributed by atoms with Gasteiger partial charge in [0.2, 0.25) is 5.91 Å². The molecular weight excluding hydrogens is 180 g/mol. The standard InChI is InChI=1S/C10H14N2O2/c1-11-7-10(13)12-8-3-5-9(14-2)6-4-8/h3-6,11H,7H2,1-2H3,(H,12,13). The van der Waals surface area contributed by atoms with E-state index in [1.54, 1.807) is 38.4 Å². The van der Waals surface area contributed by atoms with Gasteiger partial charge in [-0.3, -0.25) is 4.79 Å². The number of rotatable bonds is 4. The molecule has 0 heterocycles. The maximum atomic E-state index is 11.2. The Morgan fingerprint density at radius 1 is 1.36 bits per heavy atom. The summed E-state index contributed by atoms with van der Waals surface area (Å²) >= 11 is 0. The number of benzene rings is 1. The van der Waals surface area contributed by atoms with Crippen LogP contribution in [0.25, 0.3) is 0 Å². The van der Waals surface area contributed by atoms with Crippen LogP contribution < -0.4 is 15.4 Å². The van der Waals surface area contributed by atoms with Crippen LogP contribution in [0.15, 0.2) is 24.3 Å². The van der Waals surface area contributed by atoms with Gasteiger partial charge in [-0.05, 0) is 31.3 Å². The quantitative estimate of drug-likeness (QED) is 0.747. The molecule has 0 aromatic heterocycles. The minimum Gasteiger partial charge on any atom is -0.497 e. The van der Waals surface area contributed by atoms with Crippen LogP contribution >= 0.6 is 0 Å². The van der Waals surface area contributed by atoms with Crippen molar-refractivity contribution in [3.8, 4) is 5.75 Å². The molecule has 0 atom stereocenters. The van der Waals surface area contributed by atoms with Crippen molar-refractivity contribution >= 4 is 11.6 Å². The molecule has 4 nitrogen and oxygen atoms in total. The molecule has 1 amide bonds. The Labute approximate surface area is 83.3 Å². The van der Waals surface area contributed by atoms with E-state index in [1.807, 2.05) is 0 Å². The first-order valence-corrected chi connectivity index (χ1v) is 4.34. The molecule has 1 aromatic rings. The number of carbonyl (C=O) groups excluding carboxylic acids is 1. The van der Waals surface area contributed by atoms with Crippen LogP contribution in [0.1, 0.15) is 0 Å². The van der Waals surface area contributed by atoms with Gasteiger partial charge in [0, 0.05) is 5.69 Å². The van der Waals surface area contributed by atoms with E-state index < -0.39 is 0 Å². The predicted molar refractivity (Wildman–Crippen MR) is 55.6 cm³/mol. The second-order valence-electron chi connectivity index (χ2n) is 2.81. The summed E-state index contributed by atoms with van der Waals surface area (Å²) in [5.41, 5.74) is 0.769. The van der Waals surface area contributed by atoms with Gasteiger partial charge >= 0.3 is 0 Å². The lowest BCUT2D eigenvalue weighted by Crippen LogP contribution is -2.24. The zero-order valence-electron chi connectivity index (χ0n) is 8.33. The molecule has 1 aromatic carbocycles. The Morgan fingerprint density at radius 2 is 2.00 bits per heavy atom. The van der Waals surface area contributed by atoms with E-state index in [1.165, 1.54) is 0 Å².